The topological polar surface area (TPSA) is 78.9 Å². The Bertz CT molecular complexity index is 674. The molecule has 2 aromatic rings. The van der Waals surface area contributed by atoms with Crippen molar-refractivity contribution in [3.05, 3.63) is 23.6 Å². The molecular formula is C16H20N2O5S. The molecule has 0 aliphatic carbocycles. The maximum Gasteiger partial charge on any atom is 0.252 e. The van der Waals surface area contributed by atoms with Gasteiger partial charge in [-0.25, -0.2) is 4.98 Å². The first kappa shape index (κ1) is 18.2. The Kier molecular flexibility index (Phi) is 6.98. The number of amides is 1. The number of methoxy groups -OCH3 is 3. The van der Waals surface area contributed by atoms with E-state index in [4.69, 9.17) is 18.9 Å². The van der Waals surface area contributed by atoms with E-state index in [-0.39, 0.29) is 12.5 Å². The van der Waals surface area contributed by atoms with Gasteiger partial charge in [0.2, 0.25) is 0 Å². The van der Waals surface area contributed by atoms with Crippen LogP contribution < -0.4 is 14.8 Å². The van der Waals surface area contributed by atoms with Crippen LogP contribution in [-0.4, -0.2) is 52.0 Å². The van der Waals surface area contributed by atoms with E-state index in [0.717, 1.165) is 11.3 Å². The highest BCUT2D eigenvalue weighted by Gasteiger charge is 2.12. The molecule has 0 unspecified atom stereocenters. The zero-order valence-electron chi connectivity index (χ0n) is 13.8. The number of nitrogens with zero attached hydrogens (tertiary/aromatic N) is 1. The molecule has 0 radical (unpaired) electrons. The van der Waals surface area contributed by atoms with Crippen LogP contribution in [0.3, 0.4) is 0 Å². The summed E-state index contributed by atoms with van der Waals surface area (Å²) in [7, 11) is 4.76. The van der Waals surface area contributed by atoms with E-state index in [0.29, 0.717) is 29.8 Å². The number of benzene rings is 1. The first-order valence-corrected chi connectivity index (χ1v) is 8.10. The Balaban J connectivity index is 2.01. The van der Waals surface area contributed by atoms with E-state index in [9.17, 15) is 4.79 Å². The predicted octanol–water partition coefficient (Wildman–Crippen LogP) is 2.43. The van der Waals surface area contributed by atoms with Crippen molar-refractivity contribution in [2.24, 2.45) is 0 Å². The zero-order valence-corrected chi connectivity index (χ0v) is 14.6. The smallest absolute Gasteiger partial charge is 0.252 e. The van der Waals surface area contributed by atoms with Crippen molar-refractivity contribution >= 4 is 22.4 Å². The highest BCUT2D eigenvalue weighted by atomic mass is 32.1. The quantitative estimate of drug-likeness (QED) is 0.698. The van der Waals surface area contributed by atoms with Crippen molar-refractivity contribution < 1.29 is 23.7 Å². The lowest BCUT2D eigenvalue weighted by Crippen LogP contribution is -2.19. The number of hydrogen-bond donors (Lipinski definition) is 1. The van der Waals surface area contributed by atoms with Crippen LogP contribution in [0.2, 0.25) is 0 Å². The first-order valence-electron chi connectivity index (χ1n) is 7.22. The molecule has 0 bridgehead atoms. The van der Waals surface area contributed by atoms with Crippen LogP contribution in [0.5, 0.6) is 11.5 Å². The third-order valence-electron chi connectivity index (χ3n) is 3.10. The summed E-state index contributed by atoms with van der Waals surface area (Å²) in [5, 5.41) is 5.06. The number of anilines is 1. The van der Waals surface area contributed by atoms with E-state index < -0.39 is 0 Å². The predicted molar refractivity (Wildman–Crippen MR) is 92.0 cm³/mol. The minimum absolute atomic E-state index is 0.0376. The second-order valence-electron chi connectivity index (χ2n) is 4.70. The SMILES string of the molecule is COCCOCC(=O)Nc1nc(-c2ccc(OC)cc2OC)cs1. The van der Waals surface area contributed by atoms with E-state index in [1.54, 1.807) is 27.4 Å². The van der Waals surface area contributed by atoms with Crippen molar-refractivity contribution in [3.63, 3.8) is 0 Å². The zero-order chi connectivity index (χ0) is 17.4. The lowest BCUT2D eigenvalue weighted by atomic mass is 10.1. The summed E-state index contributed by atoms with van der Waals surface area (Å²) >= 11 is 1.34. The number of ether oxygens (including phenoxy) is 4. The van der Waals surface area contributed by atoms with Gasteiger partial charge in [0.1, 0.15) is 18.1 Å². The van der Waals surface area contributed by atoms with Gasteiger partial charge in [-0.3, -0.25) is 10.1 Å². The van der Waals surface area contributed by atoms with Crippen molar-refractivity contribution in [3.8, 4) is 22.8 Å². The molecule has 1 heterocycles. The normalized spacial score (nSPS) is 10.5. The van der Waals surface area contributed by atoms with Gasteiger partial charge in [0.25, 0.3) is 5.91 Å². The fraction of sp³-hybridized carbons (Fsp3) is 0.375. The van der Waals surface area contributed by atoms with Crippen molar-refractivity contribution in [2.75, 3.05) is 46.5 Å². The van der Waals surface area contributed by atoms with Gasteiger partial charge in [-0.2, -0.15) is 0 Å². The van der Waals surface area contributed by atoms with Gasteiger partial charge >= 0.3 is 0 Å². The molecular weight excluding hydrogens is 332 g/mol. The van der Waals surface area contributed by atoms with E-state index >= 15 is 0 Å². The molecule has 0 saturated heterocycles. The lowest BCUT2D eigenvalue weighted by Gasteiger charge is -2.08. The van der Waals surface area contributed by atoms with Crippen LogP contribution >= 0.6 is 11.3 Å². The highest BCUT2D eigenvalue weighted by molar-refractivity contribution is 7.14. The number of carbonyl (C=O) groups excluding carboxylic acids is 1. The molecule has 0 aliphatic heterocycles. The summed E-state index contributed by atoms with van der Waals surface area (Å²) < 4.78 is 20.6. The molecule has 0 atom stereocenters. The summed E-state index contributed by atoms with van der Waals surface area (Å²) in [6.45, 7) is 0.784. The number of aromatic nitrogens is 1. The summed E-state index contributed by atoms with van der Waals surface area (Å²) in [6.07, 6.45) is 0. The minimum Gasteiger partial charge on any atom is -0.497 e. The second-order valence-corrected chi connectivity index (χ2v) is 5.56. The van der Waals surface area contributed by atoms with E-state index in [2.05, 4.69) is 10.3 Å². The molecule has 1 N–H and O–H groups in total. The molecule has 130 valence electrons. The van der Waals surface area contributed by atoms with Gasteiger partial charge in [0.05, 0.1) is 33.1 Å². The largest absolute Gasteiger partial charge is 0.497 e. The maximum atomic E-state index is 11.8. The third-order valence-corrected chi connectivity index (χ3v) is 3.86. The Labute approximate surface area is 144 Å². The van der Waals surface area contributed by atoms with Gasteiger partial charge in [0.15, 0.2) is 5.13 Å². The molecule has 2 rings (SSSR count). The van der Waals surface area contributed by atoms with Crippen LogP contribution in [0.4, 0.5) is 5.13 Å². The van der Waals surface area contributed by atoms with Gasteiger partial charge in [-0.15, -0.1) is 11.3 Å². The summed E-state index contributed by atoms with van der Waals surface area (Å²) in [4.78, 5) is 16.2. The van der Waals surface area contributed by atoms with Crippen molar-refractivity contribution in [2.45, 2.75) is 0 Å². The Hall–Kier alpha value is -2.16. The number of carbonyl (C=O) groups is 1. The fourth-order valence-corrected chi connectivity index (χ4v) is 2.65. The van der Waals surface area contributed by atoms with Crippen molar-refractivity contribution in [1.82, 2.24) is 4.98 Å². The lowest BCUT2D eigenvalue weighted by molar-refractivity contribution is -0.121. The molecule has 0 saturated carbocycles. The summed E-state index contributed by atoms with van der Waals surface area (Å²) in [5.41, 5.74) is 1.54. The van der Waals surface area contributed by atoms with Gasteiger partial charge in [-0.05, 0) is 12.1 Å². The molecule has 1 aromatic carbocycles. The number of hydrogen-bond acceptors (Lipinski definition) is 7. The molecule has 24 heavy (non-hydrogen) atoms. The molecule has 1 aromatic heterocycles. The fourth-order valence-electron chi connectivity index (χ4n) is 1.93. The third kappa shape index (κ3) is 4.92. The molecule has 0 aliphatic rings. The molecule has 0 fully saturated rings. The molecule has 1 amide bonds. The van der Waals surface area contributed by atoms with Gasteiger partial charge < -0.3 is 18.9 Å². The van der Waals surface area contributed by atoms with Gasteiger partial charge in [0, 0.05) is 24.1 Å². The number of nitrogens with one attached hydrogen (secondary N) is 1. The standard InChI is InChI=1S/C16H20N2O5S/c1-20-6-7-23-9-15(19)18-16-17-13(10-24-16)12-5-4-11(21-2)8-14(12)22-3/h4-5,8,10H,6-7,9H2,1-3H3,(H,17,18,19). The average Bonchev–Trinajstić information content (AvgIpc) is 3.06. The van der Waals surface area contributed by atoms with Crippen LogP contribution in [0, 0.1) is 0 Å². The first-order chi connectivity index (χ1) is 11.7. The van der Waals surface area contributed by atoms with Crippen LogP contribution in [0.15, 0.2) is 23.6 Å². The Morgan fingerprint density at radius 1 is 1.21 bits per heavy atom. The van der Waals surface area contributed by atoms with Crippen LogP contribution in [0.1, 0.15) is 0 Å². The summed E-state index contributed by atoms with van der Waals surface area (Å²) in [5.74, 6) is 1.10. The van der Waals surface area contributed by atoms with E-state index in [1.807, 2.05) is 17.5 Å². The second kappa shape index (κ2) is 9.21. The monoisotopic (exact) mass is 352 g/mol. The van der Waals surface area contributed by atoms with Crippen LogP contribution in [-0.2, 0) is 14.3 Å². The highest BCUT2D eigenvalue weighted by Crippen LogP contribution is 2.34. The number of rotatable bonds is 9. The number of thiazole rings is 1. The Morgan fingerprint density at radius 2 is 2.04 bits per heavy atom. The molecule has 7 nitrogen and oxygen atoms in total. The van der Waals surface area contributed by atoms with Crippen molar-refractivity contribution in [1.29, 1.82) is 0 Å². The van der Waals surface area contributed by atoms with E-state index in [1.165, 1.54) is 11.3 Å². The van der Waals surface area contributed by atoms with Gasteiger partial charge in [-0.1, -0.05) is 0 Å². The minimum atomic E-state index is -0.256. The van der Waals surface area contributed by atoms with Crippen LogP contribution in [0.25, 0.3) is 11.3 Å². The molecule has 0 spiro atoms. The summed E-state index contributed by atoms with van der Waals surface area (Å²) in [6, 6.07) is 5.49. The average molecular weight is 352 g/mol. The maximum absolute atomic E-state index is 11.8. The molecule has 8 heteroatoms. The Morgan fingerprint density at radius 3 is 2.75 bits per heavy atom.